The fourth-order valence-corrected chi connectivity index (χ4v) is 3.46. The summed E-state index contributed by atoms with van der Waals surface area (Å²) in [5.41, 5.74) is 0. The van der Waals surface area contributed by atoms with Gasteiger partial charge in [0.2, 0.25) is 0 Å². The van der Waals surface area contributed by atoms with Crippen LogP contribution in [0, 0.1) is 17.8 Å². The highest BCUT2D eigenvalue weighted by atomic mass is 15.2. The first-order valence-electron chi connectivity index (χ1n) is 10.3. The smallest absolute Gasteiger partial charge is 0.0117 e. The molecule has 2 nitrogen and oxygen atoms in total. The molecule has 0 bridgehead atoms. The highest BCUT2D eigenvalue weighted by Gasteiger charge is 2.24. The van der Waals surface area contributed by atoms with Crippen LogP contribution in [0.4, 0.5) is 0 Å². The van der Waals surface area contributed by atoms with Crippen LogP contribution in [0.3, 0.4) is 0 Å². The summed E-state index contributed by atoms with van der Waals surface area (Å²) < 4.78 is 0. The molecule has 2 atom stereocenters. The Labute approximate surface area is 148 Å². The van der Waals surface area contributed by atoms with Crippen LogP contribution >= 0.6 is 0 Å². The zero-order valence-electron chi connectivity index (χ0n) is 17.7. The van der Waals surface area contributed by atoms with E-state index < -0.39 is 0 Å². The zero-order valence-corrected chi connectivity index (χ0v) is 17.7. The van der Waals surface area contributed by atoms with Crippen molar-refractivity contribution in [2.24, 2.45) is 17.8 Å². The van der Waals surface area contributed by atoms with E-state index in [2.05, 4.69) is 58.4 Å². The average Bonchev–Trinajstić information content (AvgIpc) is 2.54. The quantitative estimate of drug-likeness (QED) is 0.579. The summed E-state index contributed by atoms with van der Waals surface area (Å²) in [5, 5.41) is 0. The zero-order chi connectivity index (χ0) is 18.0. The third-order valence-electron chi connectivity index (χ3n) is 5.71. The van der Waals surface area contributed by atoms with Gasteiger partial charge in [-0.15, -0.1) is 0 Å². The summed E-state index contributed by atoms with van der Waals surface area (Å²) in [6.45, 7) is 22.0. The summed E-state index contributed by atoms with van der Waals surface area (Å²) in [6.07, 6.45) is 5.47. The first-order chi connectivity index (χ1) is 10.8. The molecule has 1 saturated heterocycles. The Morgan fingerprint density at radius 3 is 1.87 bits per heavy atom. The third-order valence-corrected chi connectivity index (χ3v) is 5.71. The maximum Gasteiger partial charge on any atom is 0.0117 e. The van der Waals surface area contributed by atoms with Gasteiger partial charge in [0.15, 0.2) is 0 Å². The molecule has 1 aliphatic heterocycles. The van der Waals surface area contributed by atoms with Gasteiger partial charge < -0.3 is 9.80 Å². The van der Waals surface area contributed by atoms with Gasteiger partial charge in [0, 0.05) is 18.6 Å². The van der Waals surface area contributed by atoms with E-state index in [0.717, 1.165) is 23.8 Å². The summed E-state index contributed by atoms with van der Waals surface area (Å²) in [4.78, 5) is 5.26. The summed E-state index contributed by atoms with van der Waals surface area (Å²) in [5.74, 6) is 2.53. The van der Waals surface area contributed by atoms with Crippen LogP contribution in [-0.4, -0.2) is 48.6 Å². The SMILES string of the molecule is CC.CC(CCC(C)C(C)C)CN(C)C1CCN(C(C)C)CC1. The molecule has 2 heteroatoms. The maximum absolute atomic E-state index is 2.64. The topological polar surface area (TPSA) is 6.48 Å². The lowest BCUT2D eigenvalue weighted by Gasteiger charge is -2.39. The van der Waals surface area contributed by atoms with Crippen molar-refractivity contribution in [3.8, 4) is 0 Å². The number of nitrogens with zero attached hydrogens (tertiary/aromatic N) is 2. The van der Waals surface area contributed by atoms with Gasteiger partial charge in [-0.2, -0.15) is 0 Å². The van der Waals surface area contributed by atoms with E-state index >= 15 is 0 Å². The van der Waals surface area contributed by atoms with Crippen LogP contribution in [0.2, 0.25) is 0 Å². The Kier molecular flexibility index (Phi) is 12.3. The number of hydrogen-bond acceptors (Lipinski definition) is 2. The number of hydrogen-bond donors (Lipinski definition) is 0. The molecule has 0 N–H and O–H groups in total. The fraction of sp³-hybridized carbons (Fsp3) is 1.00. The van der Waals surface area contributed by atoms with Crippen LogP contribution in [0.15, 0.2) is 0 Å². The molecular formula is C21H46N2. The van der Waals surface area contributed by atoms with Gasteiger partial charge in [-0.05, 0) is 71.0 Å². The molecule has 0 aromatic rings. The molecule has 0 amide bonds. The standard InChI is InChI=1S/C19H40N2.C2H6/c1-15(2)18(6)9-8-17(5)14-20(7)19-10-12-21(13-11-19)16(3)4;1-2/h15-19H,8-14H2,1-7H3;1-2H3. The van der Waals surface area contributed by atoms with E-state index in [0.29, 0.717) is 6.04 Å². The van der Waals surface area contributed by atoms with Crippen molar-refractivity contribution in [3.63, 3.8) is 0 Å². The van der Waals surface area contributed by atoms with Crippen LogP contribution in [-0.2, 0) is 0 Å². The average molecular weight is 327 g/mol. The molecule has 2 unspecified atom stereocenters. The largest absolute Gasteiger partial charge is 0.303 e. The summed E-state index contributed by atoms with van der Waals surface area (Å²) >= 11 is 0. The molecule has 0 radical (unpaired) electrons. The minimum absolute atomic E-state index is 0.715. The highest BCUT2D eigenvalue weighted by molar-refractivity contribution is 4.80. The van der Waals surface area contributed by atoms with Crippen molar-refractivity contribution < 1.29 is 0 Å². The first-order valence-corrected chi connectivity index (χ1v) is 10.3. The van der Waals surface area contributed by atoms with Crippen LogP contribution in [0.25, 0.3) is 0 Å². The van der Waals surface area contributed by atoms with Crippen molar-refractivity contribution in [2.75, 3.05) is 26.7 Å². The second kappa shape index (κ2) is 12.3. The normalized spacial score (nSPS) is 19.8. The molecule has 1 rings (SSSR count). The lowest BCUT2D eigenvalue weighted by molar-refractivity contribution is 0.0979. The summed E-state index contributed by atoms with van der Waals surface area (Å²) in [6, 6.07) is 1.53. The minimum atomic E-state index is 0.715. The van der Waals surface area contributed by atoms with Crippen molar-refractivity contribution in [1.82, 2.24) is 9.80 Å². The van der Waals surface area contributed by atoms with E-state index in [-0.39, 0.29) is 0 Å². The first kappa shape index (κ1) is 22.9. The maximum atomic E-state index is 2.64. The Morgan fingerprint density at radius 1 is 0.913 bits per heavy atom. The molecular weight excluding hydrogens is 280 g/mol. The third kappa shape index (κ3) is 9.10. The van der Waals surface area contributed by atoms with E-state index in [4.69, 9.17) is 0 Å². The lowest BCUT2D eigenvalue weighted by atomic mass is 9.89. The van der Waals surface area contributed by atoms with Gasteiger partial charge in [0.25, 0.3) is 0 Å². The van der Waals surface area contributed by atoms with E-state index in [9.17, 15) is 0 Å². The lowest BCUT2D eigenvalue weighted by Crippen LogP contribution is -2.46. The molecule has 0 aromatic heterocycles. The van der Waals surface area contributed by atoms with Crippen molar-refractivity contribution >= 4 is 0 Å². The Morgan fingerprint density at radius 2 is 1.43 bits per heavy atom. The molecule has 23 heavy (non-hydrogen) atoms. The van der Waals surface area contributed by atoms with Gasteiger partial charge in [0.1, 0.15) is 0 Å². The predicted molar refractivity (Wildman–Crippen MR) is 106 cm³/mol. The Balaban J connectivity index is 0.00000232. The van der Waals surface area contributed by atoms with Crippen molar-refractivity contribution in [1.29, 1.82) is 0 Å². The van der Waals surface area contributed by atoms with Crippen LogP contribution in [0.1, 0.15) is 81.1 Å². The van der Waals surface area contributed by atoms with E-state index in [1.165, 1.54) is 45.3 Å². The van der Waals surface area contributed by atoms with Gasteiger partial charge in [-0.3, -0.25) is 0 Å². The van der Waals surface area contributed by atoms with Gasteiger partial charge in [-0.1, -0.05) is 48.0 Å². The van der Waals surface area contributed by atoms with E-state index in [1.807, 2.05) is 13.8 Å². The minimum Gasteiger partial charge on any atom is -0.303 e. The molecule has 0 aliphatic carbocycles. The van der Waals surface area contributed by atoms with E-state index in [1.54, 1.807) is 0 Å². The number of rotatable bonds is 8. The fourth-order valence-electron chi connectivity index (χ4n) is 3.46. The van der Waals surface area contributed by atoms with Crippen molar-refractivity contribution in [2.45, 2.75) is 93.2 Å². The molecule has 1 heterocycles. The summed E-state index contributed by atoms with van der Waals surface area (Å²) in [7, 11) is 2.35. The number of piperidine rings is 1. The van der Waals surface area contributed by atoms with Crippen molar-refractivity contribution in [3.05, 3.63) is 0 Å². The monoisotopic (exact) mass is 326 g/mol. The predicted octanol–water partition coefficient (Wildman–Crippen LogP) is 5.53. The molecule has 1 fully saturated rings. The molecule has 140 valence electrons. The molecule has 0 spiro atoms. The second-order valence-electron chi connectivity index (χ2n) is 8.20. The van der Waals surface area contributed by atoms with Gasteiger partial charge in [-0.25, -0.2) is 0 Å². The van der Waals surface area contributed by atoms with Gasteiger partial charge >= 0.3 is 0 Å². The Hall–Kier alpha value is -0.0800. The molecule has 1 aliphatic rings. The van der Waals surface area contributed by atoms with Gasteiger partial charge in [0.05, 0.1) is 0 Å². The Bertz CT molecular complexity index is 267. The second-order valence-corrected chi connectivity index (χ2v) is 8.20. The highest BCUT2D eigenvalue weighted by Crippen LogP contribution is 2.22. The molecule has 0 saturated carbocycles. The number of likely N-dealkylation sites (tertiary alicyclic amines) is 1. The molecule has 0 aromatic carbocycles. The van der Waals surface area contributed by atoms with Crippen LogP contribution < -0.4 is 0 Å². The van der Waals surface area contributed by atoms with Crippen LogP contribution in [0.5, 0.6) is 0 Å².